The molecule has 1 heterocycles. The van der Waals surface area contributed by atoms with E-state index in [0.29, 0.717) is 4.57 Å². The first-order valence-corrected chi connectivity index (χ1v) is 4.27. The van der Waals surface area contributed by atoms with Crippen LogP contribution in [-0.4, -0.2) is 19.8 Å². The average Bonchev–Trinajstić information content (AvgIpc) is 2.51. The van der Waals surface area contributed by atoms with Gasteiger partial charge in [0.1, 0.15) is 22.5 Å². The zero-order chi connectivity index (χ0) is 12.1. The molecule has 7 heteroatoms. The summed E-state index contributed by atoms with van der Waals surface area (Å²) in [6.45, 7) is 0. The molecule has 2 aromatic rings. The Morgan fingerprint density at radius 3 is 2.25 bits per heavy atom. The first-order valence-electron chi connectivity index (χ1n) is 4.27. The monoisotopic (exact) mass is 232 g/mol. The third-order valence-electron chi connectivity index (χ3n) is 2.23. The van der Waals surface area contributed by atoms with Crippen LogP contribution >= 0.6 is 0 Å². The quantitative estimate of drug-likeness (QED) is 0.683. The first-order chi connectivity index (χ1) is 7.32. The van der Waals surface area contributed by atoms with Gasteiger partial charge in [-0.05, 0) is 12.1 Å². The molecule has 0 atom stereocenters. The van der Waals surface area contributed by atoms with Crippen LogP contribution in [0.15, 0.2) is 12.1 Å². The van der Waals surface area contributed by atoms with Gasteiger partial charge in [0, 0.05) is 7.05 Å². The number of aryl methyl sites for hydroxylation is 1. The SMILES string of the molecule is Cn1c(C(F)(F)F)nc2c(O)ccc(O)c21. The van der Waals surface area contributed by atoms with Crippen LogP contribution in [0, 0.1) is 0 Å². The molecule has 1 aromatic carbocycles. The number of aromatic hydroxyl groups is 2. The second-order valence-electron chi connectivity index (χ2n) is 3.29. The van der Waals surface area contributed by atoms with Crippen molar-refractivity contribution in [3.8, 4) is 11.5 Å². The summed E-state index contributed by atoms with van der Waals surface area (Å²) >= 11 is 0. The van der Waals surface area contributed by atoms with Crippen molar-refractivity contribution < 1.29 is 23.4 Å². The fourth-order valence-corrected chi connectivity index (χ4v) is 1.54. The molecule has 0 bridgehead atoms. The highest BCUT2D eigenvalue weighted by molar-refractivity contribution is 5.87. The minimum Gasteiger partial charge on any atom is -0.506 e. The second-order valence-corrected chi connectivity index (χ2v) is 3.29. The molecule has 2 N–H and O–H groups in total. The maximum absolute atomic E-state index is 12.5. The molecular weight excluding hydrogens is 225 g/mol. The molecule has 0 unspecified atom stereocenters. The summed E-state index contributed by atoms with van der Waals surface area (Å²) in [5.74, 6) is -1.93. The van der Waals surface area contributed by atoms with Gasteiger partial charge in [0.25, 0.3) is 0 Å². The number of benzene rings is 1. The molecule has 0 aliphatic rings. The predicted molar refractivity (Wildman–Crippen MR) is 49.0 cm³/mol. The lowest BCUT2D eigenvalue weighted by molar-refractivity contribution is -0.146. The molecule has 0 aliphatic carbocycles. The molecule has 0 fully saturated rings. The van der Waals surface area contributed by atoms with Crippen LogP contribution in [0.4, 0.5) is 13.2 Å². The molecule has 0 spiro atoms. The molecule has 0 aliphatic heterocycles. The lowest BCUT2D eigenvalue weighted by Gasteiger charge is -2.05. The number of halogens is 3. The van der Waals surface area contributed by atoms with Crippen LogP contribution in [0.2, 0.25) is 0 Å². The summed E-state index contributed by atoms with van der Waals surface area (Å²) in [7, 11) is 1.12. The molecule has 0 saturated carbocycles. The molecular formula is C9H7F3N2O2. The smallest absolute Gasteiger partial charge is 0.449 e. The zero-order valence-electron chi connectivity index (χ0n) is 8.08. The van der Waals surface area contributed by atoms with Crippen LogP contribution in [-0.2, 0) is 13.2 Å². The van der Waals surface area contributed by atoms with Gasteiger partial charge in [0.15, 0.2) is 0 Å². The Labute approximate surface area is 87.6 Å². The van der Waals surface area contributed by atoms with Gasteiger partial charge in [0.05, 0.1) is 0 Å². The van der Waals surface area contributed by atoms with E-state index in [4.69, 9.17) is 0 Å². The number of imidazole rings is 1. The Kier molecular flexibility index (Phi) is 2.01. The summed E-state index contributed by atoms with van der Waals surface area (Å²) in [6, 6.07) is 2.20. The Morgan fingerprint density at radius 2 is 1.75 bits per heavy atom. The van der Waals surface area contributed by atoms with E-state index in [9.17, 15) is 23.4 Å². The normalized spacial score (nSPS) is 12.2. The summed E-state index contributed by atoms with van der Waals surface area (Å²) in [6.07, 6.45) is -4.63. The van der Waals surface area contributed by atoms with Gasteiger partial charge in [0.2, 0.25) is 5.82 Å². The van der Waals surface area contributed by atoms with Crippen molar-refractivity contribution in [2.24, 2.45) is 7.05 Å². The first kappa shape index (κ1) is 10.6. The molecule has 0 saturated heterocycles. The van der Waals surface area contributed by atoms with Crippen molar-refractivity contribution in [1.29, 1.82) is 0 Å². The van der Waals surface area contributed by atoms with Crippen molar-refractivity contribution in [2.75, 3.05) is 0 Å². The maximum atomic E-state index is 12.5. The van der Waals surface area contributed by atoms with E-state index in [-0.39, 0.29) is 16.8 Å². The van der Waals surface area contributed by atoms with Gasteiger partial charge in [-0.25, -0.2) is 4.98 Å². The zero-order valence-corrected chi connectivity index (χ0v) is 8.08. The van der Waals surface area contributed by atoms with E-state index in [2.05, 4.69) is 4.98 Å². The van der Waals surface area contributed by atoms with Gasteiger partial charge in [-0.2, -0.15) is 13.2 Å². The standard InChI is InChI=1S/C9H7F3N2O2/c1-14-7-5(16)3-2-4(15)6(7)13-8(14)9(10,11)12/h2-3,15-16H,1H3. The predicted octanol–water partition coefficient (Wildman–Crippen LogP) is 2.00. The topological polar surface area (TPSA) is 58.3 Å². The number of rotatable bonds is 0. The van der Waals surface area contributed by atoms with Crippen LogP contribution in [0.25, 0.3) is 11.0 Å². The maximum Gasteiger partial charge on any atom is 0.449 e. The number of phenols is 2. The number of hydrogen-bond acceptors (Lipinski definition) is 3. The van der Waals surface area contributed by atoms with Crippen molar-refractivity contribution in [3.05, 3.63) is 18.0 Å². The van der Waals surface area contributed by atoms with Gasteiger partial charge in [-0.15, -0.1) is 0 Å². The summed E-state index contributed by atoms with van der Waals surface area (Å²) in [5.41, 5.74) is -0.415. The van der Waals surface area contributed by atoms with Crippen LogP contribution in [0.1, 0.15) is 5.82 Å². The fourth-order valence-electron chi connectivity index (χ4n) is 1.54. The minimum absolute atomic E-state index is 0.146. The molecule has 16 heavy (non-hydrogen) atoms. The molecule has 86 valence electrons. The van der Waals surface area contributed by atoms with Crippen molar-refractivity contribution in [2.45, 2.75) is 6.18 Å². The molecule has 0 amide bonds. The number of fused-ring (bicyclic) bond motifs is 1. The van der Waals surface area contributed by atoms with E-state index in [1.54, 1.807) is 0 Å². The molecule has 1 aromatic heterocycles. The lowest BCUT2D eigenvalue weighted by Crippen LogP contribution is -2.12. The third-order valence-corrected chi connectivity index (χ3v) is 2.23. The minimum atomic E-state index is -4.63. The largest absolute Gasteiger partial charge is 0.506 e. The van der Waals surface area contributed by atoms with E-state index in [1.807, 2.05) is 0 Å². The van der Waals surface area contributed by atoms with Gasteiger partial charge in [-0.3, -0.25) is 0 Å². The second kappa shape index (κ2) is 3.03. The highest BCUT2D eigenvalue weighted by Gasteiger charge is 2.37. The van der Waals surface area contributed by atoms with Gasteiger partial charge >= 0.3 is 6.18 Å². The van der Waals surface area contributed by atoms with Gasteiger partial charge < -0.3 is 14.8 Å². The van der Waals surface area contributed by atoms with Gasteiger partial charge in [-0.1, -0.05) is 0 Å². The Balaban J connectivity index is 2.88. The number of phenolic OH excluding ortho intramolecular Hbond substituents is 2. The van der Waals surface area contributed by atoms with Crippen LogP contribution < -0.4 is 0 Å². The number of nitrogens with zero attached hydrogens (tertiary/aromatic N) is 2. The van der Waals surface area contributed by atoms with E-state index < -0.39 is 17.8 Å². The third kappa shape index (κ3) is 1.36. The van der Waals surface area contributed by atoms with Crippen LogP contribution in [0.5, 0.6) is 11.5 Å². The van der Waals surface area contributed by atoms with E-state index in [0.717, 1.165) is 19.2 Å². The van der Waals surface area contributed by atoms with E-state index in [1.165, 1.54) is 0 Å². The number of aromatic nitrogens is 2. The summed E-state index contributed by atoms with van der Waals surface area (Å²) in [4.78, 5) is 3.27. The number of hydrogen-bond donors (Lipinski definition) is 2. The van der Waals surface area contributed by atoms with Crippen molar-refractivity contribution in [3.63, 3.8) is 0 Å². The Morgan fingerprint density at radius 1 is 1.19 bits per heavy atom. The summed E-state index contributed by atoms with van der Waals surface area (Å²) < 4.78 is 38.2. The Hall–Kier alpha value is -1.92. The van der Waals surface area contributed by atoms with Crippen LogP contribution in [0.3, 0.4) is 0 Å². The highest BCUT2D eigenvalue weighted by Crippen LogP contribution is 2.36. The molecule has 2 rings (SSSR count). The average molecular weight is 232 g/mol. The van der Waals surface area contributed by atoms with Crippen molar-refractivity contribution in [1.82, 2.24) is 9.55 Å². The highest BCUT2D eigenvalue weighted by atomic mass is 19.4. The van der Waals surface area contributed by atoms with E-state index >= 15 is 0 Å². The van der Waals surface area contributed by atoms with Crippen molar-refractivity contribution >= 4 is 11.0 Å². The Bertz CT molecular complexity index is 560. The number of alkyl halides is 3. The molecule has 0 radical (unpaired) electrons. The molecule has 4 nitrogen and oxygen atoms in total. The lowest BCUT2D eigenvalue weighted by atomic mass is 10.2. The summed E-state index contributed by atoms with van der Waals surface area (Å²) in [5, 5.41) is 18.8. The fraction of sp³-hybridized carbons (Fsp3) is 0.222.